The van der Waals surface area contributed by atoms with Gasteiger partial charge >= 0.3 is 0 Å². The Morgan fingerprint density at radius 3 is 2.17 bits per heavy atom. The van der Waals surface area contributed by atoms with Gasteiger partial charge in [0.1, 0.15) is 5.75 Å². The predicted molar refractivity (Wildman–Crippen MR) is 97.3 cm³/mol. The molecule has 0 spiro atoms. The number of rotatable bonds is 5. The van der Waals surface area contributed by atoms with E-state index in [-0.39, 0.29) is 4.90 Å². The molecule has 0 saturated carbocycles. The largest absolute Gasteiger partial charge is 0.496 e. The molecule has 0 atom stereocenters. The SMILES string of the molecule is COc1cc(C)c(S(=O)(=O)NC(C)(C)c2ccc(Cl)cc2)cc1C. The number of hydrogen-bond acceptors (Lipinski definition) is 3. The van der Waals surface area contributed by atoms with Gasteiger partial charge in [-0.1, -0.05) is 23.7 Å². The number of benzene rings is 2. The molecule has 0 bridgehead atoms. The molecule has 6 heteroatoms. The molecule has 0 unspecified atom stereocenters. The van der Waals surface area contributed by atoms with Gasteiger partial charge < -0.3 is 4.74 Å². The molecule has 2 aromatic carbocycles. The molecule has 4 nitrogen and oxygen atoms in total. The van der Waals surface area contributed by atoms with Gasteiger partial charge in [0.2, 0.25) is 10.0 Å². The van der Waals surface area contributed by atoms with Crippen molar-refractivity contribution in [3.8, 4) is 5.75 Å². The van der Waals surface area contributed by atoms with Gasteiger partial charge in [0.15, 0.2) is 0 Å². The molecule has 130 valence electrons. The third-order valence-corrected chi connectivity index (χ3v) is 5.99. The van der Waals surface area contributed by atoms with E-state index in [1.807, 2.05) is 32.9 Å². The summed E-state index contributed by atoms with van der Waals surface area (Å²) < 4.78 is 33.8. The summed E-state index contributed by atoms with van der Waals surface area (Å²) in [6.45, 7) is 7.21. The standard InChI is InChI=1S/C18H22ClNO3S/c1-12-11-17(13(2)10-16(12)23-5)24(21,22)20-18(3,4)14-6-8-15(19)9-7-14/h6-11,20H,1-5H3. The molecule has 2 aromatic rings. The molecule has 0 radical (unpaired) electrons. The summed E-state index contributed by atoms with van der Waals surface area (Å²) in [6, 6.07) is 10.5. The van der Waals surface area contributed by atoms with Crippen LogP contribution in [0.3, 0.4) is 0 Å². The lowest BCUT2D eigenvalue weighted by molar-refractivity contribution is 0.410. The highest BCUT2D eigenvalue weighted by molar-refractivity contribution is 7.89. The van der Waals surface area contributed by atoms with Gasteiger partial charge in [-0.15, -0.1) is 0 Å². The molecular formula is C18H22ClNO3S. The van der Waals surface area contributed by atoms with Crippen LogP contribution in [0.25, 0.3) is 0 Å². The number of hydrogen-bond donors (Lipinski definition) is 1. The Kier molecular flexibility index (Phi) is 5.28. The predicted octanol–water partition coefficient (Wildman–Crippen LogP) is 4.18. The van der Waals surface area contributed by atoms with Crippen LogP contribution < -0.4 is 9.46 Å². The van der Waals surface area contributed by atoms with Crippen molar-refractivity contribution in [3.63, 3.8) is 0 Å². The maximum Gasteiger partial charge on any atom is 0.241 e. The smallest absolute Gasteiger partial charge is 0.241 e. The van der Waals surface area contributed by atoms with Crippen LogP contribution in [0.4, 0.5) is 0 Å². The van der Waals surface area contributed by atoms with Gasteiger partial charge in [-0.05, 0) is 68.7 Å². The minimum absolute atomic E-state index is 0.253. The topological polar surface area (TPSA) is 55.4 Å². The van der Waals surface area contributed by atoms with Gasteiger partial charge in [-0.3, -0.25) is 0 Å². The fourth-order valence-electron chi connectivity index (χ4n) is 2.59. The van der Waals surface area contributed by atoms with Gasteiger partial charge in [0.25, 0.3) is 0 Å². The van der Waals surface area contributed by atoms with Crippen molar-refractivity contribution in [1.82, 2.24) is 4.72 Å². The number of ether oxygens (including phenoxy) is 1. The average Bonchev–Trinajstić information content (AvgIpc) is 2.48. The second-order valence-corrected chi connectivity index (χ2v) is 8.41. The van der Waals surface area contributed by atoms with Crippen molar-refractivity contribution >= 4 is 21.6 Å². The van der Waals surface area contributed by atoms with Gasteiger partial charge in [0, 0.05) is 5.02 Å². The maximum absolute atomic E-state index is 12.9. The summed E-state index contributed by atoms with van der Waals surface area (Å²) in [5.41, 5.74) is 1.46. The first-order valence-electron chi connectivity index (χ1n) is 7.52. The molecule has 0 fully saturated rings. The number of methoxy groups -OCH3 is 1. The van der Waals surface area contributed by atoms with Crippen molar-refractivity contribution in [2.75, 3.05) is 7.11 Å². The van der Waals surface area contributed by atoms with Crippen LogP contribution in [0.1, 0.15) is 30.5 Å². The first kappa shape index (κ1) is 18.8. The van der Waals surface area contributed by atoms with E-state index in [1.54, 1.807) is 38.3 Å². The van der Waals surface area contributed by atoms with Crippen LogP contribution in [-0.2, 0) is 15.6 Å². The number of sulfonamides is 1. The zero-order chi connectivity index (χ0) is 18.1. The summed E-state index contributed by atoms with van der Waals surface area (Å²) >= 11 is 5.91. The Labute approximate surface area is 148 Å². The maximum atomic E-state index is 12.9. The lowest BCUT2D eigenvalue weighted by Gasteiger charge is -2.27. The first-order valence-corrected chi connectivity index (χ1v) is 9.38. The lowest BCUT2D eigenvalue weighted by Crippen LogP contribution is -2.41. The van der Waals surface area contributed by atoms with Gasteiger partial charge in [0.05, 0.1) is 17.5 Å². The molecule has 0 aliphatic rings. The van der Waals surface area contributed by atoms with Gasteiger partial charge in [-0.25, -0.2) is 13.1 Å². The summed E-state index contributed by atoms with van der Waals surface area (Å²) in [4.78, 5) is 0.253. The second kappa shape index (κ2) is 6.75. The Morgan fingerprint density at radius 1 is 1.04 bits per heavy atom. The van der Waals surface area contributed by atoms with Crippen molar-refractivity contribution in [2.24, 2.45) is 0 Å². The highest BCUT2D eigenvalue weighted by Gasteiger charge is 2.29. The lowest BCUT2D eigenvalue weighted by atomic mass is 9.96. The Bertz CT molecular complexity index is 843. The molecular weight excluding hydrogens is 346 g/mol. The normalized spacial score (nSPS) is 12.2. The van der Waals surface area contributed by atoms with E-state index in [0.29, 0.717) is 16.3 Å². The molecule has 0 aromatic heterocycles. The van der Waals surface area contributed by atoms with E-state index in [1.165, 1.54) is 0 Å². The van der Waals surface area contributed by atoms with E-state index < -0.39 is 15.6 Å². The van der Waals surface area contributed by atoms with Crippen molar-refractivity contribution in [3.05, 3.63) is 58.1 Å². The highest BCUT2D eigenvalue weighted by atomic mass is 35.5. The second-order valence-electron chi connectivity index (χ2n) is 6.32. The summed E-state index contributed by atoms with van der Waals surface area (Å²) in [5, 5.41) is 0.610. The third kappa shape index (κ3) is 3.91. The van der Waals surface area contributed by atoms with Crippen LogP contribution in [0.15, 0.2) is 41.3 Å². The van der Waals surface area contributed by atoms with Crippen molar-refractivity contribution < 1.29 is 13.2 Å². The average molecular weight is 368 g/mol. The summed E-state index contributed by atoms with van der Waals surface area (Å²) in [5.74, 6) is 0.670. The van der Waals surface area contributed by atoms with Crippen LogP contribution in [0.5, 0.6) is 5.75 Å². The first-order chi connectivity index (χ1) is 11.1. The van der Waals surface area contributed by atoms with Crippen LogP contribution >= 0.6 is 11.6 Å². The van der Waals surface area contributed by atoms with Crippen molar-refractivity contribution in [2.45, 2.75) is 38.1 Å². The van der Waals surface area contributed by atoms with Crippen LogP contribution in [0, 0.1) is 13.8 Å². The molecule has 2 rings (SSSR count). The summed E-state index contributed by atoms with van der Waals surface area (Å²) in [7, 11) is -2.13. The Morgan fingerprint density at radius 2 is 1.62 bits per heavy atom. The minimum atomic E-state index is -3.69. The Hall–Kier alpha value is -1.56. The van der Waals surface area contributed by atoms with E-state index in [2.05, 4.69) is 4.72 Å². The fraction of sp³-hybridized carbons (Fsp3) is 0.333. The quantitative estimate of drug-likeness (QED) is 0.862. The zero-order valence-corrected chi connectivity index (χ0v) is 16.0. The van der Waals surface area contributed by atoms with Crippen molar-refractivity contribution in [1.29, 1.82) is 0 Å². The molecule has 0 amide bonds. The molecule has 0 aliphatic heterocycles. The number of nitrogens with one attached hydrogen (secondary N) is 1. The van der Waals surface area contributed by atoms with E-state index >= 15 is 0 Å². The van der Waals surface area contributed by atoms with Gasteiger partial charge in [-0.2, -0.15) is 0 Å². The molecule has 0 aliphatic carbocycles. The van der Waals surface area contributed by atoms with Crippen LogP contribution in [-0.4, -0.2) is 15.5 Å². The van der Waals surface area contributed by atoms with Crippen LogP contribution in [0.2, 0.25) is 5.02 Å². The van der Waals surface area contributed by atoms with E-state index in [9.17, 15) is 8.42 Å². The minimum Gasteiger partial charge on any atom is -0.496 e. The van der Waals surface area contributed by atoms with E-state index in [0.717, 1.165) is 11.1 Å². The highest BCUT2D eigenvalue weighted by Crippen LogP contribution is 2.29. The fourth-order valence-corrected chi connectivity index (χ4v) is 4.43. The Balaban J connectivity index is 2.41. The molecule has 0 saturated heterocycles. The zero-order valence-electron chi connectivity index (χ0n) is 14.5. The molecule has 1 N–H and O–H groups in total. The number of aryl methyl sites for hydroxylation is 2. The third-order valence-electron chi connectivity index (χ3n) is 3.94. The molecule has 24 heavy (non-hydrogen) atoms. The number of halogens is 1. The monoisotopic (exact) mass is 367 g/mol. The summed E-state index contributed by atoms with van der Waals surface area (Å²) in [6.07, 6.45) is 0. The van der Waals surface area contributed by atoms with E-state index in [4.69, 9.17) is 16.3 Å². The molecule has 0 heterocycles.